The first kappa shape index (κ1) is 60.1. The molecule has 6 heteroatoms. The number of aliphatic hydroxyl groups excluding tert-OH is 2. The molecule has 364 valence electrons. The molecule has 0 heterocycles. The van der Waals surface area contributed by atoms with Gasteiger partial charge in [-0.1, -0.05) is 243 Å². The Morgan fingerprint density at radius 1 is 0.452 bits per heavy atom. The van der Waals surface area contributed by atoms with Crippen molar-refractivity contribution < 1.29 is 24.5 Å². The standard InChI is InChI=1S/C56H105NO5/c1-3-5-7-9-11-13-28-32-36-40-44-48-54(59)53(52-58)57-55(60)49-45-41-37-33-30-26-24-22-20-18-16-15-17-19-21-23-25-27-31-35-39-43-47-51-62-56(61)50-46-42-38-34-29-14-12-10-8-6-4-2/h15,17-18,20,44,48,53-54,58-59H,3-14,16,19,21-43,45-47,49-52H2,1-2H3,(H,57,60)/b17-15-,20-18-,48-44+. The van der Waals surface area contributed by atoms with Crippen LogP contribution in [0, 0.1) is 0 Å². The van der Waals surface area contributed by atoms with Crippen molar-refractivity contribution in [1.82, 2.24) is 5.32 Å². The Kier molecular flexibility index (Phi) is 50.1. The predicted molar refractivity (Wildman–Crippen MR) is 269 cm³/mol. The molecule has 0 radical (unpaired) electrons. The number of aliphatic hydroxyl groups is 2. The number of allylic oxidation sites excluding steroid dienone is 5. The summed E-state index contributed by atoms with van der Waals surface area (Å²) in [5.41, 5.74) is 0. The first-order valence-corrected chi connectivity index (χ1v) is 27.3. The van der Waals surface area contributed by atoms with Crippen molar-refractivity contribution in [3.8, 4) is 0 Å². The quantitative estimate of drug-likeness (QED) is 0.0321. The third-order valence-electron chi connectivity index (χ3n) is 12.4. The van der Waals surface area contributed by atoms with Gasteiger partial charge in [-0.25, -0.2) is 0 Å². The zero-order chi connectivity index (χ0) is 45.1. The van der Waals surface area contributed by atoms with Crippen molar-refractivity contribution in [1.29, 1.82) is 0 Å². The van der Waals surface area contributed by atoms with Gasteiger partial charge in [-0.15, -0.1) is 0 Å². The van der Waals surface area contributed by atoms with Crippen LogP contribution in [0.5, 0.6) is 0 Å². The lowest BCUT2D eigenvalue weighted by atomic mass is 10.1. The first-order valence-electron chi connectivity index (χ1n) is 27.3. The predicted octanol–water partition coefficient (Wildman–Crippen LogP) is 16.5. The summed E-state index contributed by atoms with van der Waals surface area (Å²) in [6, 6.07) is -0.634. The molecule has 1 amide bonds. The first-order chi connectivity index (χ1) is 30.5. The lowest BCUT2D eigenvalue weighted by Crippen LogP contribution is -2.45. The average molecular weight is 872 g/mol. The molecule has 0 bridgehead atoms. The van der Waals surface area contributed by atoms with E-state index in [1.54, 1.807) is 6.08 Å². The fraction of sp³-hybridized carbons (Fsp3) is 0.857. The average Bonchev–Trinajstić information content (AvgIpc) is 3.27. The van der Waals surface area contributed by atoms with E-state index in [2.05, 4.69) is 43.5 Å². The molecule has 62 heavy (non-hydrogen) atoms. The largest absolute Gasteiger partial charge is 0.466 e. The van der Waals surface area contributed by atoms with Crippen molar-refractivity contribution in [3.63, 3.8) is 0 Å². The maximum absolute atomic E-state index is 12.4. The number of nitrogens with one attached hydrogen (secondary N) is 1. The molecule has 0 aromatic carbocycles. The fourth-order valence-corrected chi connectivity index (χ4v) is 8.19. The SMILES string of the molecule is CCCCCCCCCCC/C=C/C(O)C(CO)NC(=O)CCCCCCCCC/C=C\C/C=C\CCCCCCCCCCCOC(=O)CCCCCCCCCCCCC. The molecule has 6 nitrogen and oxygen atoms in total. The van der Waals surface area contributed by atoms with E-state index in [1.165, 1.54) is 199 Å². The summed E-state index contributed by atoms with van der Waals surface area (Å²) in [5, 5.41) is 23.0. The molecule has 0 saturated heterocycles. The van der Waals surface area contributed by atoms with Gasteiger partial charge in [0.1, 0.15) is 0 Å². The minimum Gasteiger partial charge on any atom is -0.466 e. The maximum Gasteiger partial charge on any atom is 0.305 e. The van der Waals surface area contributed by atoms with Crippen molar-refractivity contribution in [2.45, 2.75) is 296 Å². The Balaban J connectivity index is 3.47. The number of unbranched alkanes of at least 4 members (excludes halogenated alkanes) is 35. The molecule has 0 aliphatic heterocycles. The Morgan fingerprint density at radius 2 is 0.806 bits per heavy atom. The summed E-state index contributed by atoms with van der Waals surface area (Å²) >= 11 is 0. The summed E-state index contributed by atoms with van der Waals surface area (Å²) in [5.74, 6) is -0.0745. The highest BCUT2D eigenvalue weighted by molar-refractivity contribution is 5.76. The van der Waals surface area contributed by atoms with E-state index in [0.29, 0.717) is 19.4 Å². The van der Waals surface area contributed by atoms with Gasteiger partial charge in [0, 0.05) is 12.8 Å². The van der Waals surface area contributed by atoms with Crippen LogP contribution in [0.4, 0.5) is 0 Å². The van der Waals surface area contributed by atoms with E-state index in [-0.39, 0.29) is 18.5 Å². The molecule has 2 unspecified atom stereocenters. The number of carbonyl (C=O) groups is 2. The number of amides is 1. The Labute approximate surface area is 385 Å². The monoisotopic (exact) mass is 872 g/mol. The van der Waals surface area contributed by atoms with Gasteiger partial charge in [0.25, 0.3) is 0 Å². The van der Waals surface area contributed by atoms with Gasteiger partial charge in [-0.2, -0.15) is 0 Å². The molecule has 3 N–H and O–H groups in total. The molecule has 0 saturated carbocycles. The Bertz CT molecular complexity index is 1010. The molecule has 0 aliphatic rings. The lowest BCUT2D eigenvalue weighted by molar-refractivity contribution is -0.143. The van der Waals surface area contributed by atoms with Crippen LogP contribution in [-0.2, 0) is 14.3 Å². The number of rotatable bonds is 50. The van der Waals surface area contributed by atoms with E-state index in [0.717, 1.165) is 57.8 Å². The summed E-state index contributed by atoms with van der Waals surface area (Å²) in [7, 11) is 0. The Hall–Kier alpha value is -1.92. The van der Waals surface area contributed by atoms with Gasteiger partial charge in [0.05, 0.1) is 25.4 Å². The fourth-order valence-electron chi connectivity index (χ4n) is 8.19. The molecule has 2 atom stereocenters. The van der Waals surface area contributed by atoms with E-state index < -0.39 is 12.1 Å². The number of esters is 1. The van der Waals surface area contributed by atoms with Crippen LogP contribution >= 0.6 is 0 Å². The van der Waals surface area contributed by atoms with Crippen LogP contribution in [0.15, 0.2) is 36.5 Å². The highest BCUT2D eigenvalue weighted by atomic mass is 16.5. The number of ether oxygens (including phenoxy) is 1. The molecular formula is C56H105NO5. The van der Waals surface area contributed by atoms with Crippen LogP contribution in [0.25, 0.3) is 0 Å². The third kappa shape index (κ3) is 47.6. The van der Waals surface area contributed by atoms with Gasteiger partial charge < -0.3 is 20.3 Å². The van der Waals surface area contributed by atoms with Crippen molar-refractivity contribution in [3.05, 3.63) is 36.5 Å². The van der Waals surface area contributed by atoms with E-state index in [1.807, 2.05) is 6.08 Å². The van der Waals surface area contributed by atoms with Crippen LogP contribution < -0.4 is 5.32 Å². The van der Waals surface area contributed by atoms with E-state index in [4.69, 9.17) is 4.74 Å². The summed E-state index contributed by atoms with van der Waals surface area (Å²) < 4.78 is 5.45. The van der Waals surface area contributed by atoms with Crippen LogP contribution in [0.2, 0.25) is 0 Å². The lowest BCUT2D eigenvalue weighted by Gasteiger charge is -2.20. The zero-order valence-corrected chi connectivity index (χ0v) is 41.4. The number of carbonyl (C=O) groups excluding carboxylic acids is 2. The van der Waals surface area contributed by atoms with Crippen molar-refractivity contribution in [2.24, 2.45) is 0 Å². The minimum atomic E-state index is -0.849. The smallest absolute Gasteiger partial charge is 0.305 e. The molecule has 0 aromatic rings. The van der Waals surface area contributed by atoms with Crippen molar-refractivity contribution in [2.75, 3.05) is 13.2 Å². The second-order valence-electron chi connectivity index (χ2n) is 18.6. The molecule has 0 fully saturated rings. The van der Waals surface area contributed by atoms with Crippen molar-refractivity contribution >= 4 is 11.9 Å². The van der Waals surface area contributed by atoms with E-state index in [9.17, 15) is 19.8 Å². The molecule has 0 aromatic heterocycles. The second kappa shape index (κ2) is 51.7. The maximum atomic E-state index is 12.4. The van der Waals surface area contributed by atoms with Gasteiger partial charge in [-0.05, 0) is 64.2 Å². The van der Waals surface area contributed by atoms with Crippen LogP contribution in [0.1, 0.15) is 284 Å². The summed E-state index contributed by atoms with van der Waals surface area (Å²) in [6.45, 7) is 4.87. The topological polar surface area (TPSA) is 95.9 Å². The third-order valence-corrected chi connectivity index (χ3v) is 12.4. The highest BCUT2D eigenvalue weighted by Crippen LogP contribution is 2.15. The Morgan fingerprint density at radius 3 is 1.23 bits per heavy atom. The van der Waals surface area contributed by atoms with Crippen LogP contribution in [0.3, 0.4) is 0 Å². The normalized spacial score (nSPS) is 12.9. The van der Waals surface area contributed by atoms with Gasteiger partial charge in [0.2, 0.25) is 5.91 Å². The van der Waals surface area contributed by atoms with Gasteiger partial charge in [0.15, 0.2) is 0 Å². The molecular weight excluding hydrogens is 767 g/mol. The number of hydrogen-bond donors (Lipinski definition) is 3. The molecule has 0 spiro atoms. The number of hydrogen-bond acceptors (Lipinski definition) is 5. The van der Waals surface area contributed by atoms with Gasteiger partial charge >= 0.3 is 5.97 Å². The summed E-state index contributed by atoms with van der Waals surface area (Å²) in [4.78, 5) is 24.4. The van der Waals surface area contributed by atoms with E-state index >= 15 is 0 Å². The van der Waals surface area contributed by atoms with Gasteiger partial charge in [-0.3, -0.25) is 9.59 Å². The summed E-state index contributed by atoms with van der Waals surface area (Å²) in [6.07, 6.45) is 63.0. The molecule has 0 aliphatic carbocycles. The molecule has 0 rings (SSSR count). The highest BCUT2D eigenvalue weighted by Gasteiger charge is 2.18. The minimum absolute atomic E-state index is 0.00560. The zero-order valence-electron chi connectivity index (χ0n) is 41.4. The second-order valence-corrected chi connectivity index (χ2v) is 18.6. The van der Waals surface area contributed by atoms with Crippen LogP contribution in [-0.4, -0.2) is 47.4 Å².